The largest absolute Gasteiger partial charge is 0.497 e. The normalized spacial score (nSPS) is 10.3. The van der Waals surface area contributed by atoms with E-state index in [9.17, 15) is 9.59 Å². The lowest BCUT2D eigenvalue weighted by molar-refractivity contribution is -0.112. The molecule has 0 aromatic heterocycles. The molecule has 0 heterocycles. The first kappa shape index (κ1) is 16.7. The average Bonchev–Trinajstić information content (AvgIpc) is 2.49. The lowest BCUT2D eigenvalue weighted by Crippen LogP contribution is -2.25. The van der Waals surface area contributed by atoms with Crippen LogP contribution in [0, 0.1) is 27.7 Å². The van der Waals surface area contributed by atoms with Crippen molar-refractivity contribution in [2.45, 2.75) is 27.7 Å². The van der Waals surface area contributed by atoms with Gasteiger partial charge in [0.25, 0.3) is 11.7 Å². The number of ketones is 1. The number of amides is 1. The third kappa shape index (κ3) is 3.42. The highest BCUT2D eigenvalue weighted by molar-refractivity contribution is 6.47. The van der Waals surface area contributed by atoms with Crippen LogP contribution in [0.25, 0.3) is 0 Å². The van der Waals surface area contributed by atoms with Crippen molar-refractivity contribution < 1.29 is 14.3 Å². The number of carbonyl (C=O) groups excluding carboxylic acids is 2. The molecule has 1 N–H and O–H groups in total. The van der Waals surface area contributed by atoms with Gasteiger partial charge in [0.15, 0.2) is 0 Å². The van der Waals surface area contributed by atoms with Crippen molar-refractivity contribution in [3.63, 3.8) is 0 Å². The van der Waals surface area contributed by atoms with Gasteiger partial charge in [0.1, 0.15) is 5.75 Å². The smallest absolute Gasteiger partial charge is 0.296 e. The van der Waals surface area contributed by atoms with Gasteiger partial charge in [-0.05, 0) is 62.1 Å². The van der Waals surface area contributed by atoms with Crippen molar-refractivity contribution in [1.82, 2.24) is 0 Å². The minimum atomic E-state index is -0.626. The minimum absolute atomic E-state index is 0.425. The zero-order valence-corrected chi connectivity index (χ0v) is 14.1. The van der Waals surface area contributed by atoms with Crippen molar-refractivity contribution in [2.24, 2.45) is 0 Å². The molecular formula is C19H21NO3. The Labute approximate surface area is 136 Å². The number of anilines is 1. The van der Waals surface area contributed by atoms with Crippen LogP contribution in [0.4, 0.5) is 5.69 Å². The average molecular weight is 311 g/mol. The van der Waals surface area contributed by atoms with Crippen molar-refractivity contribution >= 4 is 17.4 Å². The second-order valence-electron chi connectivity index (χ2n) is 5.69. The molecule has 0 aliphatic rings. The summed E-state index contributed by atoms with van der Waals surface area (Å²) >= 11 is 0. The number of ether oxygens (including phenoxy) is 1. The van der Waals surface area contributed by atoms with Crippen molar-refractivity contribution in [2.75, 3.05) is 12.4 Å². The van der Waals surface area contributed by atoms with Crippen LogP contribution in [0.1, 0.15) is 32.6 Å². The van der Waals surface area contributed by atoms with E-state index in [1.54, 1.807) is 33.1 Å². The highest BCUT2D eigenvalue weighted by Gasteiger charge is 2.22. The molecule has 0 spiro atoms. The molecule has 0 aliphatic heterocycles. The van der Waals surface area contributed by atoms with Crippen LogP contribution in [-0.4, -0.2) is 18.8 Å². The Kier molecular flexibility index (Phi) is 4.84. The number of methoxy groups -OCH3 is 1. The van der Waals surface area contributed by atoms with E-state index in [2.05, 4.69) is 5.32 Å². The van der Waals surface area contributed by atoms with Gasteiger partial charge in [-0.15, -0.1) is 0 Å². The fraction of sp³-hybridized carbons (Fsp3) is 0.263. The second kappa shape index (κ2) is 6.65. The molecule has 2 aromatic carbocycles. The Bertz CT molecular complexity index is 735. The molecule has 0 atom stereocenters. The van der Waals surface area contributed by atoms with Gasteiger partial charge < -0.3 is 10.1 Å². The lowest BCUT2D eigenvalue weighted by atomic mass is 9.98. The van der Waals surface area contributed by atoms with Crippen LogP contribution in [0.5, 0.6) is 5.75 Å². The van der Waals surface area contributed by atoms with E-state index in [4.69, 9.17) is 4.74 Å². The first-order valence-corrected chi connectivity index (χ1v) is 7.42. The van der Waals surface area contributed by atoms with E-state index in [1.807, 2.05) is 32.0 Å². The Morgan fingerprint density at radius 1 is 0.913 bits per heavy atom. The highest BCUT2D eigenvalue weighted by atomic mass is 16.5. The molecule has 120 valence electrons. The number of rotatable bonds is 4. The maximum atomic E-state index is 12.6. The summed E-state index contributed by atoms with van der Waals surface area (Å²) in [6, 6.07) is 9.23. The second-order valence-corrected chi connectivity index (χ2v) is 5.69. The minimum Gasteiger partial charge on any atom is -0.497 e. The summed E-state index contributed by atoms with van der Waals surface area (Å²) in [5, 5.41) is 2.74. The van der Waals surface area contributed by atoms with Gasteiger partial charge in [-0.1, -0.05) is 18.2 Å². The molecule has 0 radical (unpaired) electrons. The fourth-order valence-electron chi connectivity index (χ4n) is 2.70. The molecule has 2 aromatic rings. The van der Waals surface area contributed by atoms with E-state index in [-0.39, 0.29) is 0 Å². The maximum Gasteiger partial charge on any atom is 0.296 e. The number of carbonyl (C=O) groups is 2. The standard InChI is InChI=1S/C19H21NO3/c1-11-7-6-8-12(2)17(11)20-19(22)18(21)16-13(3)9-15(23-5)10-14(16)4/h6-10H,1-5H3,(H,20,22). The summed E-state index contributed by atoms with van der Waals surface area (Å²) in [5.41, 5.74) is 4.42. The molecule has 4 nitrogen and oxygen atoms in total. The molecule has 23 heavy (non-hydrogen) atoms. The molecule has 0 saturated carbocycles. The van der Waals surface area contributed by atoms with E-state index >= 15 is 0 Å². The van der Waals surface area contributed by atoms with E-state index in [1.165, 1.54) is 0 Å². The SMILES string of the molecule is COc1cc(C)c(C(=O)C(=O)Nc2c(C)cccc2C)c(C)c1. The Morgan fingerprint density at radius 2 is 1.43 bits per heavy atom. The Morgan fingerprint density at radius 3 is 1.91 bits per heavy atom. The third-order valence-electron chi connectivity index (χ3n) is 3.89. The quantitative estimate of drug-likeness (QED) is 0.691. The summed E-state index contributed by atoms with van der Waals surface area (Å²) in [4.78, 5) is 24.9. The predicted molar refractivity (Wildman–Crippen MR) is 91.3 cm³/mol. The summed E-state index contributed by atoms with van der Waals surface area (Å²) in [6.07, 6.45) is 0. The monoisotopic (exact) mass is 311 g/mol. The molecule has 2 rings (SSSR count). The van der Waals surface area contributed by atoms with Crippen LogP contribution >= 0.6 is 0 Å². The van der Waals surface area contributed by atoms with E-state index in [0.29, 0.717) is 17.0 Å². The summed E-state index contributed by atoms with van der Waals surface area (Å²) in [5.74, 6) is -0.490. The molecule has 0 bridgehead atoms. The van der Waals surface area contributed by atoms with Crippen LogP contribution < -0.4 is 10.1 Å². The van der Waals surface area contributed by atoms with Gasteiger partial charge in [-0.3, -0.25) is 9.59 Å². The Balaban J connectivity index is 2.33. The zero-order valence-electron chi connectivity index (χ0n) is 14.1. The van der Waals surface area contributed by atoms with Crippen LogP contribution in [-0.2, 0) is 4.79 Å². The number of benzene rings is 2. The molecular weight excluding hydrogens is 290 g/mol. The molecule has 0 unspecified atom stereocenters. The number of para-hydroxylation sites is 1. The predicted octanol–water partition coefficient (Wildman–Crippen LogP) is 3.75. The van der Waals surface area contributed by atoms with Crippen LogP contribution in [0.15, 0.2) is 30.3 Å². The molecule has 0 fully saturated rings. The first-order chi connectivity index (χ1) is 10.8. The number of hydrogen-bond donors (Lipinski definition) is 1. The number of hydrogen-bond acceptors (Lipinski definition) is 3. The van der Waals surface area contributed by atoms with E-state index < -0.39 is 11.7 Å². The van der Waals surface area contributed by atoms with Crippen molar-refractivity contribution in [3.05, 3.63) is 58.1 Å². The summed E-state index contributed by atoms with van der Waals surface area (Å²) in [6.45, 7) is 7.40. The van der Waals surface area contributed by atoms with Crippen molar-refractivity contribution in [3.8, 4) is 5.75 Å². The van der Waals surface area contributed by atoms with Gasteiger partial charge in [0.05, 0.1) is 7.11 Å². The van der Waals surface area contributed by atoms with Crippen LogP contribution in [0.2, 0.25) is 0 Å². The van der Waals surface area contributed by atoms with Gasteiger partial charge in [0.2, 0.25) is 0 Å². The number of aryl methyl sites for hydroxylation is 4. The van der Waals surface area contributed by atoms with Crippen LogP contribution in [0.3, 0.4) is 0 Å². The van der Waals surface area contributed by atoms with Gasteiger partial charge in [-0.2, -0.15) is 0 Å². The topological polar surface area (TPSA) is 55.4 Å². The number of nitrogens with one attached hydrogen (secondary N) is 1. The first-order valence-electron chi connectivity index (χ1n) is 7.42. The highest BCUT2D eigenvalue weighted by Crippen LogP contribution is 2.24. The lowest BCUT2D eigenvalue weighted by Gasteiger charge is -2.13. The number of Topliss-reactive ketones (excluding diaryl/α,β-unsaturated/α-hetero) is 1. The molecule has 1 amide bonds. The third-order valence-corrected chi connectivity index (χ3v) is 3.89. The van der Waals surface area contributed by atoms with Gasteiger partial charge in [0, 0.05) is 11.3 Å². The van der Waals surface area contributed by atoms with Crippen molar-refractivity contribution in [1.29, 1.82) is 0 Å². The summed E-state index contributed by atoms with van der Waals surface area (Å²) in [7, 11) is 1.57. The molecule has 0 saturated heterocycles. The maximum absolute atomic E-state index is 12.6. The van der Waals surface area contributed by atoms with Gasteiger partial charge >= 0.3 is 0 Å². The summed E-state index contributed by atoms with van der Waals surface area (Å²) < 4.78 is 5.19. The zero-order chi connectivity index (χ0) is 17.1. The molecule has 0 aliphatic carbocycles. The Hall–Kier alpha value is -2.62. The fourth-order valence-corrected chi connectivity index (χ4v) is 2.70. The van der Waals surface area contributed by atoms with E-state index in [0.717, 1.165) is 22.3 Å². The van der Waals surface area contributed by atoms with Gasteiger partial charge in [-0.25, -0.2) is 0 Å². The molecule has 4 heteroatoms.